The molecule has 0 radical (unpaired) electrons. The van der Waals surface area contributed by atoms with Gasteiger partial charge in [-0.25, -0.2) is 0 Å². The predicted molar refractivity (Wildman–Crippen MR) is 67.2 cm³/mol. The summed E-state index contributed by atoms with van der Waals surface area (Å²) in [4.78, 5) is 24.4. The first-order valence-electron chi connectivity index (χ1n) is 5.45. The molecule has 0 aliphatic carbocycles. The molecule has 0 unspecified atom stereocenters. The summed E-state index contributed by atoms with van der Waals surface area (Å²) in [5, 5.41) is 5.56. The van der Waals surface area contributed by atoms with Crippen molar-refractivity contribution in [1.82, 2.24) is 15.5 Å². The van der Waals surface area contributed by atoms with Crippen molar-refractivity contribution in [3.8, 4) is 12.3 Å². The molecule has 0 saturated carbocycles. The van der Waals surface area contributed by atoms with Crippen LogP contribution in [0.5, 0.6) is 0 Å². The summed E-state index contributed by atoms with van der Waals surface area (Å²) in [5.74, 6) is 2.03. The van der Waals surface area contributed by atoms with Gasteiger partial charge >= 0.3 is 0 Å². The molecule has 2 amide bonds. The minimum atomic E-state index is -0.289. The zero-order chi connectivity index (χ0) is 13.5. The third-order valence-electron chi connectivity index (χ3n) is 1.82. The van der Waals surface area contributed by atoms with Crippen LogP contribution in [0, 0.1) is 12.3 Å². The lowest BCUT2D eigenvalue weighted by Gasteiger charge is -2.23. The number of nitrogens with zero attached hydrogens (tertiary/aromatic N) is 1. The van der Waals surface area contributed by atoms with Crippen molar-refractivity contribution in [3.63, 3.8) is 0 Å². The molecule has 0 aromatic heterocycles. The summed E-state index contributed by atoms with van der Waals surface area (Å²) >= 11 is 0. The fraction of sp³-hybridized carbons (Fsp3) is 0.667. The van der Waals surface area contributed by atoms with Gasteiger partial charge in [0, 0.05) is 12.6 Å². The maximum absolute atomic E-state index is 11.5. The zero-order valence-corrected chi connectivity index (χ0v) is 11.0. The summed E-state index contributed by atoms with van der Waals surface area (Å²) in [5.41, 5.74) is -0.289. The van der Waals surface area contributed by atoms with Gasteiger partial charge in [0.05, 0.1) is 19.6 Å². The van der Waals surface area contributed by atoms with E-state index in [2.05, 4.69) is 16.6 Å². The monoisotopic (exact) mass is 239 g/mol. The van der Waals surface area contributed by atoms with Crippen LogP contribution in [0.25, 0.3) is 0 Å². The summed E-state index contributed by atoms with van der Waals surface area (Å²) in [6.07, 6.45) is 5.04. The second-order valence-corrected chi connectivity index (χ2v) is 4.86. The van der Waals surface area contributed by atoms with Gasteiger partial charge < -0.3 is 10.2 Å². The van der Waals surface area contributed by atoms with E-state index in [0.29, 0.717) is 6.54 Å². The number of terminal acetylenes is 1. The largest absolute Gasteiger partial charge is 0.350 e. The first kappa shape index (κ1) is 15.5. The van der Waals surface area contributed by atoms with Crippen LogP contribution in [-0.4, -0.2) is 48.9 Å². The molecule has 0 fully saturated rings. The number of carbonyl (C=O) groups excluding carboxylic acids is 2. The molecule has 0 atom stereocenters. The average molecular weight is 239 g/mol. The Bertz CT molecular complexity index is 313. The molecular formula is C12H21N3O2. The molecule has 0 aromatic carbocycles. The van der Waals surface area contributed by atoms with Crippen molar-refractivity contribution in [2.45, 2.75) is 26.3 Å². The highest BCUT2D eigenvalue weighted by molar-refractivity contribution is 5.85. The number of amides is 2. The van der Waals surface area contributed by atoms with Crippen LogP contribution < -0.4 is 10.6 Å². The van der Waals surface area contributed by atoms with Crippen LogP contribution in [0.2, 0.25) is 0 Å². The fourth-order valence-corrected chi connectivity index (χ4v) is 1.14. The third kappa shape index (κ3) is 8.29. The number of hydrogen-bond acceptors (Lipinski definition) is 3. The molecule has 0 rings (SSSR count). The minimum absolute atomic E-state index is 0.0494. The van der Waals surface area contributed by atoms with Crippen molar-refractivity contribution in [2.24, 2.45) is 0 Å². The van der Waals surface area contributed by atoms with Gasteiger partial charge in [0.1, 0.15) is 0 Å². The van der Waals surface area contributed by atoms with E-state index in [9.17, 15) is 9.59 Å². The van der Waals surface area contributed by atoms with Crippen molar-refractivity contribution in [1.29, 1.82) is 0 Å². The molecule has 17 heavy (non-hydrogen) atoms. The van der Waals surface area contributed by atoms with Gasteiger partial charge in [-0.1, -0.05) is 5.92 Å². The standard InChI is InChI=1S/C12H21N3O2/c1-6-7-13-8-11(17)15(5)9-10(16)14-12(2,3)4/h1,13H,7-9H2,2-5H3,(H,14,16). The van der Waals surface area contributed by atoms with Crippen LogP contribution in [0.15, 0.2) is 0 Å². The van der Waals surface area contributed by atoms with E-state index in [4.69, 9.17) is 6.42 Å². The highest BCUT2D eigenvalue weighted by Crippen LogP contribution is 1.98. The Morgan fingerprint density at radius 1 is 1.35 bits per heavy atom. The van der Waals surface area contributed by atoms with Crippen LogP contribution in [-0.2, 0) is 9.59 Å². The molecule has 0 spiro atoms. The lowest BCUT2D eigenvalue weighted by atomic mass is 10.1. The molecule has 0 aliphatic heterocycles. The number of carbonyl (C=O) groups is 2. The van der Waals surface area contributed by atoms with Gasteiger partial charge in [-0.3, -0.25) is 14.9 Å². The van der Waals surface area contributed by atoms with Gasteiger partial charge in [0.25, 0.3) is 0 Å². The Balaban J connectivity index is 4.00. The topological polar surface area (TPSA) is 61.4 Å². The summed E-state index contributed by atoms with van der Waals surface area (Å²) < 4.78 is 0. The number of nitrogens with one attached hydrogen (secondary N) is 2. The Labute approximate surface area is 103 Å². The maximum Gasteiger partial charge on any atom is 0.240 e. The second-order valence-electron chi connectivity index (χ2n) is 4.86. The number of likely N-dealkylation sites (N-methyl/N-ethyl adjacent to an activating group) is 1. The van der Waals surface area contributed by atoms with E-state index in [0.717, 1.165) is 0 Å². The van der Waals surface area contributed by atoms with Crippen LogP contribution >= 0.6 is 0 Å². The van der Waals surface area contributed by atoms with Gasteiger partial charge in [0.15, 0.2) is 0 Å². The predicted octanol–water partition coefficient (Wildman–Crippen LogP) is -0.418. The van der Waals surface area contributed by atoms with Crippen LogP contribution in [0.1, 0.15) is 20.8 Å². The van der Waals surface area contributed by atoms with E-state index in [-0.39, 0.29) is 30.4 Å². The summed E-state index contributed by atoms with van der Waals surface area (Å²) in [7, 11) is 1.59. The van der Waals surface area contributed by atoms with E-state index in [1.165, 1.54) is 4.90 Å². The average Bonchev–Trinajstić information content (AvgIpc) is 2.14. The van der Waals surface area contributed by atoms with Crippen molar-refractivity contribution in [2.75, 3.05) is 26.7 Å². The van der Waals surface area contributed by atoms with Gasteiger partial charge in [-0.05, 0) is 20.8 Å². The Hall–Kier alpha value is -1.54. The molecule has 0 aromatic rings. The Kier molecular flexibility index (Phi) is 6.29. The van der Waals surface area contributed by atoms with Crippen LogP contribution in [0.4, 0.5) is 0 Å². The van der Waals surface area contributed by atoms with Crippen molar-refractivity contribution in [3.05, 3.63) is 0 Å². The maximum atomic E-state index is 11.5. The van der Waals surface area contributed by atoms with E-state index in [1.807, 2.05) is 20.8 Å². The lowest BCUT2D eigenvalue weighted by molar-refractivity contribution is -0.134. The smallest absolute Gasteiger partial charge is 0.240 e. The van der Waals surface area contributed by atoms with Gasteiger partial charge in [-0.15, -0.1) is 6.42 Å². The highest BCUT2D eigenvalue weighted by Gasteiger charge is 2.17. The molecule has 0 aliphatic rings. The first-order valence-corrected chi connectivity index (χ1v) is 5.45. The fourth-order valence-electron chi connectivity index (χ4n) is 1.14. The quantitative estimate of drug-likeness (QED) is 0.506. The summed E-state index contributed by atoms with van der Waals surface area (Å²) in [6, 6.07) is 0. The molecule has 0 heterocycles. The van der Waals surface area contributed by atoms with Crippen molar-refractivity contribution >= 4 is 11.8 Å². The molecule has 5 heteroatoms. The van der Waals surface area contributed by atoms with Crippen molar-refractivity contribution < 1.29 is 9.59 Å². The second kappa shape index (κ2) is 6.92. The molecule has 0 saturated heterocycles. The molecule has 5 nitrogen and oxygen atoms in total. The first-order chi connectivity index (χ1) is 7.76. The van der Waals surface area contributed by atoms with Crippen LogP contribution in [0.3, 0.4) is 0 Å². The highest BCUT2D eigenvalue weighted by atomic mass is 16.2. The number of rotatable bonds is 5. The molecule has 0 bridgehead atoms. The normalized spacial score (nSPS) is 10.5. The Morgan fingerprint density at radius 2 is 1.94 bits per heavy atom. The zero-order valence-electron chi connectivity index (χ0n) is 11.0. The molecule has 96 valence electrons. The third-order valence-corrected chi connectivity index (χ3v) is 1.82. The molecular weight excluding hydrogens is 218 g/mol. The molecule has 2 N–H and O–H groups in total. The van der Waals surface area contributed by atoms with E-state index < -0.39 is 0 Å². The van der Waals surface area contributed by atoms with Gasteiger partial charge in [0.2, 0.25) is 11.8 Å². The SMILES string of the molecule is C#CCNCC(=O)N(C)CC(=O)NC(C)(C)C. The summed E-state index contributed by atoms with van der Waals surface area (Å²) in [6.45, 7) is 6.20. The van der Waals surface area contributed by atoms with E-state index >= 15 is 0 Å². The van der Waals surface area contributed by atoms with Gasteiger partial charge in [-0.2, -0.15) is 0 Å². The Morgan fingerprint density at radius 3 is 2.41 bits per heavy atom. The lowest BCUT2D eigenvalue weighted by Crippen LogP contribution is -2.47. The number of hydrogen-bond donors (Lipinski definition) is 2. The minimum Gasteiger partial charge on any atom is -0.350 e. The van der Waals surface area contributed by atoms with E-state index in [1.54, 1.807) is 7.05 Å².